The Kier molecular flexibility index (Phi) is 4.96. The summed E-state index contributed by atoms with van der Waals surface area (Å²) in [6, 6.07) is 4.72. The highest BCUT2D eigenvalue weighted by molar-refractivity contribution is 5.25. The summed E-state index contributed by atoms with van der Waals surface area (Å²) >= 11 is 0. The molecular formula is C14H23N3O. The van der Waals surface area contributed by atoms with Crippen LogP contribution in [0.4, 0.5) is 0 Å². The highest BCUT2D eigenvalue weighted by atomic mass is 16.5. The average Bonchev–Trinajstić information content (AvgIpc) is 2.68. The number of methoxy groups -OCH3 is 1. The lowest BCUT2D eigenvalue weighted by Gasteiger charge is -2.27. The Hall–Kier alpha value is -1.13. The smallest absolute Gasteiger partial charge is 0.217 e. The summed E-state index contributed by atoms with van der Waals surface area (Å²) in [6.07, 6.45) is 5.53. The third-order valence-electron chi connectivity index (χ3n) is 3.63. The molecule has 0 saturated carbocycles. The summed E-state index contributed by atoms with van der Waals surface area (Å²) in [5, 5.41) is 3.45. The van der Waals surface area contributed by atoms with E-state index in [1.54, 1.807) is 13.3 Å². The van der Waals surface area contributed by atoms with Crippen LogP contribution in [-0.2, 0) is 6.54 Å². The van der Waals surface area contributed by atoms with Crippen molar-refractivity contribution < 1.29 is 4.74 Å². The van der Waals surface area contributed by atoms with Crippen LogP contribution >= 0.6 is 0 Å². The van der Waals surface area contributed by atoms with E-state index in [1.807, 2.05) is 6.07 Å². The van der Waals surface area contributed by atoms with Gasteiger partial charge in [0.05, 0.1) is 7.11 Å². The minimum absolute atomic E-state index is 0.657. The standard InChI is InChI=1S/C14H23N3O/c1-17(13-6-4-8-15-10-7-13)11-12-5-3-9-16-14(12)18-2/h3,5,9,13,15H,4,6-8,10-11H2,1-2H3. The average molecular weight is 249 g/mol. The van der Waals surface area contributed by atoms with Gasteiger partial charge in [0.15, 0.2) is 0 Å². The maximum atomic E-state index is 5.31. The fraction of sp³-hybridized carbons (Fsp3) is 0.643. The van der Waals surface area contributed by atoms with Gasteiger partial charge in [-0.25, -0.2) is 4.98 Å². The van der Waals surface area contributed by atoms with E-state index in [0.717, 1.165) is 25.5 Å². The first kappa shape index (κ1) is 13.3. The van der Waals surface area contributed by atoms with Crippen LogP contribution in [0.5, 0.6) is 5.88 Å². The first-order valence-corrected chi connectivity index (χ1v) is 6.70. The van der Waals surface area contributed by atoms with Crippen molar-refractivity contribution in [2.45, 2.75) is 31.8 Å². The molecule has 2 heterocycles. The second-order valence-corrected chi connectivity index (χ2v) is 4.92. The molecule has 1 aromatic heterocycles. The zero-order chi connectivity index (χ0) is 12.8. The van der Waals surface area contributed by atoms with Crippen molar-refractivity contribution in [3.8, 4) is 5.88 Å². The normalized spacial score (nSPS) is 20.7. The molecule has 1 saturated heterocycles. The Balaban J connectivity index is 1.98. The Morgan fingerprint density at radius 3 is 3.17 bits per heavy atom. The minimum atomic E-state index is 0.657. The molecule has 18 heavy (non-hydrogen) atoms. The summed E-state index contributed by atoms with van der Waals surface area (Å²) in [5.41, 5.74) is 1.17. The molecule has 0 aromatic carbocycles. The number of aromatic nitrogens is 1. The number of hydrogen-bond donors (Lipinski definition) is 1. The van der Waals surface area contributed by atoms with Crippen molar-refractivity contribution in [3.63, 3.8) is 0 Å². The molecule has 1 atom stereocenters. The van der Waals surface area contributed by atoms with Crippen LogP contribution in [-0.4, -0.2) is 43.2 Å². The van der Waals surface area contributed by atoms with Crippen LogP contribution in [0, 0.1) is 0 Å². The highest BCUT2D eigenvalue weighted by Crippen LogP contribution is 2.19. The Morgan fingerprint density at radius 1 is 1.44 bits per heavy atom. The number of nitrogens with zero attached hydrogens (tertiary/aromatic N) is 2. The highest BCUT2D eigenvalue weighted by Gasteiger charge is 2.18. The molecule has 0 aliphatic carbocycles. The van der Waals surface area contributed by atoms with Gasteiger partial charge in [-0.15, -0.1) is 0 Å². The first-order valence-electron chi connectivity index (χ1n) is 6.70. The fourth-order valence-electron chi connectivity index (χ4n) is 2.57. The van der Waals surface area contributed by atoms with E-state index in [0.29, 0.717) is 6.04 Å². The molecular weight excluding hydrogens is 226 g/mol. The van der Waals surface area contributed by atoms with E-state index in [9.17, 15) is 0 Å². The number of hydrogen-bond acceptors (Lipinski definition) is 4. The second-order valence-electron chi connectivity index (χ2n) is 4.92. The van der Waals surface area contributed by atoms with E-state index >= 15 is 0 Å². The Labute approximate surface area is 109 Å². The van der Waals surface area contributed by atoms with Gasteiger partial charge in [0.2, 0.25) is 5.88 Å². The van der Waals surface area contributed by atoms with Crippen LogP contribution in [0.3, 0.4) is 0 Å². The second kappa shape index (κ2) is 6.71. The fourth-order valence-corrected chi connectivity index (χ4v) is 2.57. The predicted octanol–water partition coefficient (Wildman–Crippen LogP) is 1.66. The quantitative estimate of drug-likeness (QED) is 0.880. The molecule has 0 amide bonds. The summed E-state index contributed by atoms with van der Waals surface area (Å²) in [7, 11) is 3.88. The van der Waals surface area contributed by atoms with Gasteiger partial charge in [-0.2, -0.15) is 0 Å². The zero-order valence-electron chi connectivity index (χ0n) is 11.4. The molecule has 1 aromatic rings. The van der Waals surface area contributed by atoms with Gasteiger partial charge in [-0.1, -0.05) is 6.07 Å². The number of nitrogens with one attached hydrogen (secondary N) is 1. The van der Waals surface area contributed by atoms with Crippen LogP contribution in [0.15, 0.2) is 18.3 Å². The lowest BCUT2D eigenvalue weighted by molar-refractivity contribution is 0.213. The molecule has 1 fully saturated rings. The lowest BCUT2D eigenvalue weighted by atomic mass is 10.1. The van der Waals surface area contributed by atoms with Gasteiger partial charge >= 0.3 is 0 Å². The SMILES string of the molecule is COc1ncccc1CN(C)C1CCCNCC1. The molecule has 2 rings (SSSR count). The third-order valence-corrected chi connectivity index (χ3v) is 3.63. The molecule has 1 N–H and O–H groups in total. The zero-order valence-corrected chi connectivity index (χ0v) is 11.4. The number of rotatable bonds is 4. The summed E-state index contributed by atoms with van der Waals surface area (Å²) in [5.74, 6) is 0.746. The van der Waals surface area contributed by atoms with Crippen molar-refractivity contribution >= 4 is 0 Å². The van der Waals surface area contributed by atoms with Gasteiger partial charge in [-0.05, 0) is 45.5 Å². The van der Waals surface area contributed by atoms with Crippen molar-refractivity contribution in [1.82, 2.24) is 15.2 Å². The molecule has 100 valence electrons. The van der Waals surface area contributed by atoms with E-state index in [1.165, 1.54) is 24.8 Å². The predicted molar refractivity (Wildman–Crippen MR) is 72.8 cm³/mol. The van der Waals surface area contributed by atoms with E-state index in [2.05, 4.69) is 28.3 Å². The minimum Gasteiger partial charge on any atom is -0.481 e. The van der Waals surface area contributed by atoms with Crippen LogP contribution in [0.25, 0.3) is 0 Å². The molecule has 1 aliphatic heterocycles. The van der Waals surface area contributed by atoms with E-state index in [4.69, 9.17) is 4.74 Å². The summed E-state index contributed by atoms with van der Waals surface area (Å²) in [6.45, 7) is 3.18. The van der Waals surface area contributed by atoms with Crippen LogP contribution in [0.1, 0.15) is 24.8 Å². The molecule has 0 radical (unpaired) electrons. The van der Waals surface area contributed by atoms with Crippen molar-refractivity contribution in [2.75, 3.05) is 27.2 Å². The maximum absolute atomic E-state index is 5.31. The van der Waals surface area contributed by atoms with Crippen molar-refractivity contribution in [1.29, 1.82) is 0 Å². The Bertz CT molecular complexity index is 362. The number of pyridine rings is 1. The van der Waals surface area contributed by atoms with Crippen molar-refractivity contribution in [3.05, 3.63) is 23.9 Å². The van der Waals surface area contributed by atoms with E-state index < -0.39 is 0 Å². The van der Waals surface area contributed by atoms with Gasteiger partial charge in [-0.3, -0.25) is 4.90 Å². The lowest BCUT2D eigenvalue weighted by Crippen LogP contribution is -2.32. The molecule has 0 bridgehead atoms. The molecule has 4 heteroatoms. The van der Waals surface area contributed by atoms with Gasteiger partial charge in [0.25, 0.3) is 0 Å². The van der Waals surface area contributed by atoms with Gasteiger partial charge in [0.1, 0.15) is 0 Å². The topological polar surface area (TPSA) is 37.4 Å². The molecule has 0 spiro atoms. The largest absolute Gasteiger partial charge is 0.481 e. The van der Waals surface area contributed by atoms with Gasteiger partial charge in [0, 0.05) is 24.3 Å². The summed E-state index contributed by atoms with van der Waals surface area (Å²) < 4.78 is 5.31. The first-order chi connectivity index (χ1) is 8.81. The summed E-state index contributed by atoms with van der Waals surface area (Å²) in [4.78, 5) is 6.68. The van der Waals surface area contributed by atoms with Gasteiger partial charge < -0.3 is 10.1 Å². The Morgan fingerprint density at radius 2 is 2.33 bits per heavy atom. The monoisotopic (exact) mass is 249 g/mol. The van der Waals surface area contributed by atoms with E-state index in [-0.39, 0.29) is 0 Å². The third kappa shape index (κ3) is 3.43. The van der Waals surface area contributed by atoms with Crippen LogP contribution in [0.2, 0.25) is 0 Å². The van der Waals surface area contributed by atoms with Crippen LogP contribution < -0.4 is 10.1 Å². The molecule has 4 nitrogen and oxygen atoms in total. The number of ether oxygens (including phenoxy) is 1. The molecule has 1 unspecified atom stereocenters. The molecule has 1 aliphatic rings. The van der Waals surface area contributed by atoms with Crippen molar-refractivity contribution in [2.24, 2.45) is 0 Å². The maximum Gasteiger partial charge on any atom is 0.217 e.